The number of hydrogen-bond acceptors (Lipinski definition) is 6. The summed E-state index contributed by atoms with van der Waals surface area (Å²) >= 11 is 0. The molecule has 2 aromatic heterocycles. The first-order chi connectivity index (χ1) is 12.8. The van der Waals surface area contributed by atoms with Crippen molar-refractivity contribution >= 4 is 17.3 Å². The number of imidazole rings is 1. The SMILES string of the molecule is CC(C)(C)OC(=O)CON=C1c2ccccc2-c2[nH]c(=O)c3nccn3c21. The van der Waals surface area contributed by atoms with Crippen molar-refractivity contribution in [1.82, 2.24) is 14.4 Å². The topological polar surface area (TPSA) is 98.0 Å². The lowest BCUT2D eigenvalue weighted by Gasteiger charge is -2.18. The minimum atomic E-state index is -0.595. The summed E-state index contributed by atoms with van der Waals surface area (Å²) in [5.41, 5.74) is 2.83. The first-order valence-corrected chi connectivity index (χ1v) is 8.46. The van der Waals surface area contributed by atoms with Crippen molar-refractivity contribution in [1.29, 1.82) is 0 Å². The van der Waals surface area contributed by atoms with Gasteiger partial charge in [-0.25, -0.2) is 9.78 Å². The fourth-order valence-corrected chi connectivity index (χ4v) is 3.08. The molecule has 3 aromatic rings. The molecule has 27 heavy (non-hydrogen) atoms. The van der Waals surface area contributed by atoms with E-state index < -0.39 is 11.6 Å². The van der Waals surface area contributed by atoms with Crippen LogP contribution in [0.2, 0.25) is 0 Å². The Kier molecular flexibility index (Phi) is 3.83. The van der Waals surface area contributed by atoms with Gasteiger partial charge in [-0.2, -0.15) is 0 Å². The number of carbonyl (C=O) groups is 1. The van der Waals surface area contributed by atoms with Crippen molar-refractivity contribution in [2.75, 3.05) is 6.61 Å². The molecular formula is C19H18N4O4. The largest absolute Gasteiger partial charge is 0.457 e. The third kappa shape index (κ3) is 2.99. The molecule has 8 nitrogen and oxygen atoms in total. The molecule has 1 aliphatic rings. The first kappa shape index (κ1) is 17.0. The molecule has 0 spiro atoms. The van der Waals surface area contributed by atoms with Crippen molar-refractivity contribution in [3.8, 4) is 11.3 Å². The second-order valence-electron chi connectivity index (χ2n) is 7.14. The van der Waals surface area contributed by atoms with Gasteiger partial charge in [0.05, 0.1) is 5.69 Å². The van der Waals surface area contributed by atoms with Crippen LogP contribution in [0.3, 0.4) is 0 Å². The number of nitrogens with one attached hydrogen (secondary N) is 1. The van der Waals surface area contributed by atoms with Crippen LogP contribution in [0, 0.1) is 0 Å². The van der Waals surface area contributed by atoms with E-state index in [1.807, 2.05) is 24.3 Å². The lowest BCUT2D eigenvalue weighted by molar-refractivity contribution is -0.160. The number of H-pyrrole nitrogens is 1. The zero-order valence-corrected chi connectivity index (χ0v) is 15.1. The number of esters is 1. The number of ether oxygens (including phenoxy) is 1. The van der Waals surface area contributed by atoms with Crippen LogP contribution in [0.4, 0.5) is 0 Å². The normalized spacial score (nSPS) is 14.3. The third-order valence-electron chi connectivity index (χ3n) is 3.99. The van der Waals surface area contributed by atoms with E-state index in [4.69, 9.17) is 9.57 Å². The van der Waals surface area contributed by atoms with Crippen molar-refractivity contribution in [3.63, 3.8) is 0 Å². The Morgan fingerprint density at radius 2 is 2.00 bits per heavy atom. The fraction of sp³-hybridized carbons (Fsp3) is 0.263. The number of hydrogen-bond donors (Lipinski definition) is 1. The third-order valence-corrected chi connectivity index (χ3v) is 3.99. The van der Waals surface area contributed by atoms with Crippen LogP contribution in [0.15, 0.2) is 46.6 Å². The Bertz CT molecular complexity index is 1130. The van der Waals surface area contributed by atoms with Crippen LogP contribution in [0.1, 0.15) is 32.0 Å². The molecule has 0 saturated carbocycles. The highest BCUT2D eigenvalue weighted by Gasteiger charge is 2.30. The zero-order valence-electron chi connectivity index (χ0n) is 15.1. The van der Waals surface area contributed by atoms with Gasteiger partial charge in [-0.05, 0) is 20.8 Å². The highest BCUT2D eigenvalue weighted by Crippen LogP contribution is 2.34. The molecule has 0 unspecified atom stereocenters. The Balaban J connectivity index is 1.75. The van der Waals surface area contributed by atoms with E-state index >= 15 is 0 Å². The van der Waals surface area contributed by atoms with Gasteiger partial charge in [-0.3, -0.25) is 9.20 Å². The molecule has 0 radical (unpaired) electrons. The lowest BCUT2D eigenvalue weighted by atomic mass is 10.1. The van der Waals surface area contributed by atoms with Gasteiger partial charge in [0.25, 0.3) is 5.56 Å². The van der Waals surface area contributed by atoms with Crippen molar-refractivity contribution in [2.24, 2.45) is 5.16 Å². The second kappa shape index (κ2) is 6.08. The summed E-state index contributed by atoms with van der Waals surface area (Å²) < 4.78 is 6.89. The molecule has 0 bridgehead atoms. The standard InChI is InChI=1S/C19H18N4O4/c1-19(2,3)27-13(24)10-26-22-15-12-7-5-4-6-11(12)14-16(15)23-9-8-20-17(23)18(25)21-14/h4-9H,10H2,1-3H3,(H,21,25). The number of aromatic amines is 1. The second-order valence-corrected chi connectivity index (χ2v) is 7.14. The Labute approximate surface area is 154 Å². The fourth-order valence-electron chi connectivity index (χ4n) is 3.08. The molecule has 0 saturated heterocycles. The predicted molar refractivity (Wildman–Crippen MR) is 98.7 cm³/mol. The Morgan fingerprint density at radius 3 is 2.74 bits per heavy atom. The summed E-state index contributed by atoms with van der Waals surface area (Å²) in [5.74, 6) is -0.507. The van der Waals surface area contributed by atoms with Gasteiger partial charge >= 0.3 is 5.97 Å². The van der Waals surface area contributed by atoms with Crippen LogP contribution in [0.25, 0.3) is 16.9 Å². The molecule has 2 heterocycles. The van der Waals surface area contributed by atoms with Gasteiger partial charge in [0.15, 0.2) is 0 Å². The predicted octanol–water partition coefficient (Wildman–Crippen LogP) is 2.11. The van der Waals surface area contributed by atoms with Crippen molar-refractivity contribution in [3.05, 3.63) is 58.3 Å². The van der Waals surface area contributed by atoms with Crippen LogP contribution < -0.4 is 5.56 Å². The Morgan fingerprint density at radius 1 is 1.26 bits per heavy atom. The van der Waals surface area contributed by atoms with Gasteiger partial charge in [0.2, 0.25) is 12.3 Å². The average Bonchev–Trinajstić information content (AvgIpc) is 3.18. The number of nitrogens with zero attached hydrogens (tertiary/aromatic N) is 3. The van der Waals surface area contributed by atoms with Crippen LogP contribution in [0.5, 0.6) is 0 Å². The Hall–Kier alpha value is -3.42. The highest BCUT2D eigenvalue weighted by atomic mass is 16.7. The summed E-state index contributed by atoms with van der Waals surface area (Å²) in [6.45, 7) is 5.04. The molecule has 8 heteroatoms. The van der Waals surface area contributed by atoms with E-state index in [-0.39, 0.29) is 17.8 Å². The van der Waals surface area contributed by atoms with E-state index in [0.29, 0.717) is 17.1 Å². The number of carbonyl (C=O) groups excluding carboxylic acids is 1. The minimum absolute atomic E-state index is 0.265. The summed E-state index contributed by atoms with van der Waals surface area (Å²) in [6.07, 6.45) is 3.24. The number of aromatic nitrogens is 3. The quantitative estimate of drug-likeness (QED) is 0.442. The van der Waals surface area contributed by atoms with Gasteiger partial charge in [0.1, 0.15) is 17.0 Å². The summed E-state index contributed by atoms with van der Waals surface area (Å²) in [6, 6.07) is 7.52. The maximum atomic E-state index is 12.3. The van der Waals surface area contributed by atoms with Crippen molar-refractivity contribution in [2.45, 2.75) is 26.4 Å². The summed E-state index contributed by atoms with van der Waals surface area (Å²) in [4.78, 5) is 36.4. The van der Waals surface area contributed by atoms with E-state index in [1.165, 1.54) is 0 Å². The first-order valence-electron chi connectivity index (χ1n) is 8.46. The van der Waals surface area contributed by atoms with Gasteiger partial charge in [-0.15, -0.1) is 0 Å². The van der Waals surface area contributed by atoms with Crippen molar-refractivity contribution < 1.29 is 14.4 Å². The van der Waals surface area contributed by atoms with Gasteiger partial charge < -0.3 is 14.6 Å². The molecule has 0 fully saturated rings. The maximum Gasteiger partial charge on any atom is 0.347 e. The molecular weight excluding hydrogens is 348 g/mol. The molecule has 0 atom stereocenters. The molecule has 1 aromatic carbocycles. The molecule has 1 N–H and O–H groups in total. The number of oxime groups is 1. The maximum absolute atomic E-state index is 12.3. The summed E-state index contributed by atoms with van der Waals surface area (Å²) in [7, 11) is 0. The molecule has 4 rings (SSSR count). The van der Waals surface area contributed by atoms with Gasteiger partial charge in [-0.1, -0.05) is 29.4 Å². The lowest BCUT2D eigenvalue weighted by Crippen LogP contribution is -2.26. The smallest absolute Gasteiger partial charge is 0.347 e. The van der Waals surface area contributed by atoms with Crippen LogP contribution in [-0.4, -0.2) is 38.3 Å². The van der Waals surface area contributed by atoms with E-state index in [0.717, 1.165) is 11.1 Å². The summed E-state index contributed by atoms with van der Waals surface area (Å²) in [5, 5.41) is 4.18. The number of fused-ring (bicyclic) bond motifs is 5. The van der Waals surface area contributed by atoms with Crippen LogP contribution in [-0.2, 0) is 14.4 Å². The van der Waals surface area contributed by atoms with E-state index in [9.17, 15) is 9.59 Å². The number of rotatable bonds is 3. The van der Waals surface area contributed by atoms with E-state index in [2.05, 4.69) is 15.1 Å². The monoisotopic (exact) mass is 366 g/mol. The van der Waals surface area contributed by atoms with Gasteiger partial charge in [0, 0.05) is 23.5 Å². The minimum Gasteiger partial charge on any atom is -0.457 e. The highest BCUT2D eigenvalue weighted by molar-refractivity contribution is 6.22. The average molecular weight is 366 g/mol. The van der Waals surface area contributed by atoms with Crippen LogP contribution >= 0.6 is 0 Å². The molecule has 138 valence electrons. The zero-order chi connectivity index (χ0) is 19.2. The van der Waals surface area contributed by atoms with E-state index in [1.54, 1.807) is 37.6 Å². The molecule has 1 aliphatic carbocycles. The molecule has 0 amide bonds. The number of benzene rings is 1. The molecule has 0 aliphatic heterocycles.